The van der Waals surface area contributed by atoms with Gasteiger partial charge in [-0.1, -0.05) is 105 Å². The zero-order valence-electron chi connectivity index (χ0n) is 34.7. The molecule has 1 fully saturated rings. The lowest BCUT2D eigenvalue weighted by atomic mass is 9.88. The molecule has 1 heterocycles. The van der Waals surface area contributed by atoms with Crippen molar-refractivity contribution in [3.8, 4) is 0 Å². The van der Waals surface area contributed by atoms with Crippen molar-refractivity contribution >= 4 is 35.5 Å². The Labute approximate surface area is 352 Å². The van der Waals surface area contributed by atoms with Crippen LogP contribution in [0.25, 0.3) is 0 Å². The van der Waals surface area contributed by atoms with E-state index in [1.165, 1.54) is 4.90 Å². The lowest BCUT2D eigenvalue weighted by Gasteiger charge is -2.38. The van der Waals surface area contributed by atoms with Crippen LogP contribution >= 0.6 is 0 Å². The number of unbranched alkanes of at least 4 members (excludes halogenated alkanes) is 1. The van der Waals surface area contributed by atoms with Gasteiger partial charge in [0.05, 0.1) is 6.04 Å². The highest BCUT2D eigenvalue weighted by Crippen LogP contribution is 2.21. The molecule has 15 nitrogen and oxygen atoms in total. The van der Waals surface area contributed by atoms with E-state index in [1.54, 1.807) is 0 Å². The SMILES string of the molecule is CC(C)C[C@@H](NC(=O)[C@@H](Cc1ccccc1)NC(=O)[C@@H](Cc1ccccc1)NC(=O)[C@H](N)Cc1ccccc1)C(=O)N[C@H](CCCCN)C(=O)N1CCC(N)(C(=O)O)CC1. The highest BCUT2D eigenvalue weighted by molar-refractivity contribution is 5.96. The van der Waals surface area contributed by atoms with E-state index < -0.39 is 65.3 Å². The molecule has 3 aromatic rings. The van der Waals surface area contributed by atoms with Gasteiger partial charge in [0.2, 0.25) is 29.5 Å². The van der Waals surface area contributed by atoms with E-state index in [1.807, 2.05) is 105 Å². The number of hydrogen-bond donors (Lipinski definition) is 8. The Hall–Kier alpha value is -5.64. The summed E-state index contributed by atoms with van der Waals surface area (Å²) in [4.78, 5) is 83.2. The Bertz CT molecular complexity index is 1860. The molecule has 15 heteroatoms. The number of carbonyl (C=O) groups excluding carboxylic acids is 5. The van der Waals surface area contributed by atoms with E-state index >= 15 is 0 Å². The van der Waals surface area contributed by atoms with E-state index in [0.717, 1.165) is 16.7 Å². The number of carboxylic acids is 1. The van der Waals surface area contributed by atoms with Crippen molar-refractivity contribution in [1.29, 1.82) is 0 Å². The highest BCUT2D eigenvalue weighted by atomic mass is 16.4. The minimum absolute atomic E-state index is 0.0593. The van der Waals surface area contributed by atoms with Gasteiger partial charge in [0.25, 0.3) is 0 Å². The van der Waals surface area contributed by atoms with E-state index in [2.05, 4.69) is 21.3 Å². The number of nitrogens with two attached hydrogens (primary N) is 3. The summed E-state index contributed by atoms with van der Waals surface area (Å²) < 4.78 is 0. The van der Waals surface area contributed by atoms with Gasteiger partial charge in [0.1, 0.15) is 29.7 Å². The van der Waals surface area contributed by atoms with Crippen LogP contribution in [0.5, 0.6) is 0 Å². The smallest absolute Gasteiger partial charge is 0.323 e. The van der Waals surface area contributed by atoms with Gasteiger partial charge in [-0.05, 0) is 74.1 Å². The van der Waals surface area contributed by atoms with Crippen LogP contribution in [-0.4, -0.2) is 101 Å². The fourth-order valence-electron chi connectivity index (χ4n) is 7.19. The number of carbonyl (C=O) groups is 6. The predicted molar refractivity (Wildman–Crippen MR) is 229 cm³/mol. The van der Waals surface area contributed by atoms with Crippen LogP contribution in [-0.2, 0) is 48.0 Å². The molecule has 3 aromatic carbocycles. The molecular weight excluding hydrogens is 765 g/mol. The molecule has 0 unspecified atom stereocenters. The molecule has 0 spiro atoms. The second-order valence-corrected chi connectivity index (χ2v) is 16.1. The number of likely N-dealkylation sites (tertiary alicyclic amines) is 1. The lowest BCUT2D eigenvalue weighted by Crippen LogP contribution is -2.61. The largest absolute Gasteiger partial charge is 0.480 e. The topological polar surface area (TPSA) is 252 Å². The lowest BCUT2D eigenvalue weighted by molar-refractivity contribution is -0.148. The minimum Gasteiger partial charge on any atom is -0.480 e. The van der Waals surface area contributed by atoms with E-state index in [9.17, 15) is 33.9 Å². The van der Waals surface area contributed by atoms with Gasteiger partial charge in [-0.3, -0.25) is 28.8 Å². The first-order valence-electron chi connectivity index (χ1n) is 20.8. The summed E-state index contributed by atoms with van der Waals surface area (Å²) in [6.07, 6.45) is 2.23. The molecule has 5 amide bonds. The first kappa shape index (κ1) is 47.0. The molecule has 1 aliphatic heterocycles. The fraction of sp³-hybridized carbons (Fsp3) is 0.467. The molecular formula is C45H62N8O7. The molecule has 0 aliphatic carbocycles. The van der Waals surface area contributed by atoms with Crippen molar-refractivity contribution < 1.29 is 33.9 Å². The van der Waals surface area contributed by atoms with Crippen LogP contribution in [0.4, 0.5) is 0 Å². The van der Waals surface area contributed by atoms with Gasteiger partial charge in [0.15, 0.2) is 0 Å². The third kappa shape index (κ3) is 14.6. The molecule has 60 heavy (non-hydrogen) atoms. The van der Waals surface area contributed by atoms with E-state index in [4.69, 9.17) is 17.2 Å². The molecule has 0 saturated carbocycles. The molecule has 11 N–H and O–H groups in total. The first-order valence-corrected chi connectivity index (χ1v) is 20.8. The molecule has 324 valence electrons. The summed E-state index contributed by atoms with van der Waals surface area (Å²) in [6.45, 7) is 4.41. The van der Waals surface area contributed by atoms with Crippen molar-refractivity contribution in [1.82, 2.24) is 26.2 Å². The zero-order chi connectivity index (χ0) is 43.7. The predicted octanol–water partition coefficient (Wildman–Crippen LogP) is 1.56. The van der Waals surface area contributed by atoms with Crippen LogP contribution in [0.15, 0.2) is 91.0 Å². The van der Waals surface area contributed by atoms with Crippen molar-refractivity contribution in [2.75, 3.05) is 19.6 Å². The molecule has 4 rings (SSSR count). The molecule has 0 aromatic heterocycles. The second kappa shape index (κ2) is 23.2. The van der Waals surface area contributed by atoms with Gasteiger partial charge >= 0.3 is 5.97 Å². The average Bonchev–Trinajstić information content (AvgIpc) is 3.23. The summed E-state index contributed by atoms with van der Waals surface area (Å²) >= 11 is 0. The quantitative estimate of drug-likeness (QED) is 0.0679. The number of nitrogens with zero attached hydrogens (tertiary/aromatic N) is 1. The minimum atomic E-state index is -1.43. The van der Waals surface area contributed by atoms with Gasteiger partial charge in [0, 0.05) is 25.9 Å². The Kier molecular flexibility index (Phi) is 18.2. The molecule has 1 saturated heterocycles. The number of benzene rings is 3. The highest BCUT2D eigenvalue weighted by Gasteiger charge is 2.40. The molecule has 0 radical (unpaired) electrons. The third-order valence-corrected chi connectivity index (χ3v) is 10.8. The van der Waals surface area contributed by atoms with Crippen molar-refractivity contribution in [2.24, 2.45) is 23.1 Å². The van der Waals surface area contributed by atoms with Gasteiger partial charge in [-0.25, -0.2) is 0 Å². The maximum atomic E-state index is 14.3. The van der Waals surface area contributed by atoms with Crippen molar-refractivity contribution in [2.45, 2.75) is 107 Å². The Balaban J connectivity index is 1.55. The number of piperidine rings is 1. The summed E-state index contributed by atoms with van der Waals surface area (Å²) in [6, 6.07) is 22.3. The van der Waals surface area contributed by atoms with Crippen LogP contribution < -0.4 is 38.5 Å². The van der Waals surface area contributed by atoms with Crippen molar-refractivity contribution in [3.63, 3.8) is 0 Å². The normalized spacial score (nSPS) is 16.1. The Morgan fingerprint density at radius 1 is 0.633 bits per heavy atom. The maximum Gasteiger partial charge on any atom is 0.323 e. The first-order chi connectivity index (χ1) is 28.7. The summed E-state index contributed by atoms with van der Waals surface area (Å²) in [5, 5.41) is 21.0. The average molecular weight is 827 g/mol. The Morgan fingerprint density at radius 3 is 1.50 bits per heavy atom. The zero-order valence-corrected chi connectivity index (χ0v) is 34.7. The molecule has 5 atom stereocenters. The van der Waals surface area contributed by atoms with Gasteiger partial charge in [-0.2, -0.15) is 0 Å². The fourth-order valence-corrected chi connectivity index (χ4v) is 7.19. The van der Waals surface area contributed by atoms with Crippen LogP contribution in [0, 0.1) is 5.92 Å². The monoisotopic (exact) mass is 826 g/mol. The second-order valence-electron chi connectivity index (χ2n) is 16.1. The van der Waals surface area contributed by atoms with Crippen molar-refractivity contribution in [3.05, 3.63) is 108 Å². The number of aliphatic carboxylic acids is 1. The van der Waals surface area contributed by atoms with E-state index in [-0.39, 0.29) is 69.9 Å². The van der Waals surface area contributed by atoms with Crippen LogP contribution in [0.3, 0.4) is 0 Å². The van der Waals surface area contributed by atoms with Crippen LogP contribution in [0.2, 0.25) is 0 Å². The van der Waals surface area contributed by atoms with Gasteiger partial charge in [-0.15, -0.1) is 0 Å². The molecule has 1 aliphatic rings. The number of carboxylic acid groups (broad SMARTS) is 1. The summed E-state index contributed by atoms with van der Waals surface area (Å²) in [7, 11) is 0. The number of nitrogens with one attached hydrogen (secondary N) is 4. The molecule has 0 bridgehead atoms. The maximum absolute atomic E-state index is 14.3. The van der Waals surface area contributed by atoms with E-state index in [0.29, 0.717) is 19.4 Å². The Morgan fingerprint density at radius 2 is 1.05 bits per heavy atom. The third-order valence-electron chi connectivity index (χ3n) is 10.8. The summed E-state index contributed by atoms with van der Waals surface area (Å²) in [5.74, 6) is -3.91. The number of amides is 5. The number of hydrogen-bond acceptors (Lipinski definition) is 9. The van der Waals surface area contributed by atoms with Crippen LogP contribution in [0.1, 0.15) is 69.1 Å². The van der Waals surface area contributed by atoms with Gasteiger partial charge < -0.3 is 48.5 Å². The standard InChI is InChI=1S/C45H62N8O7/c1-30(2)26-36(40(55)49-35(20-12-13-23-46)43(58)53-24-21-45(48,22-25-53)44(59)60)51-42(57)38(29-33-18-10-5-11-19-33)52-41(56)37(28-32-16-8-4-9-17-32)50-39(54)34(47)27-31-14-6-3-7-15-31/h3-11,14-19,30,34-38H,12-13,20-29,46-48H2,1-2H3,(H,49,55)(H,50,54)(H,51,57)(H,52,56)(H,59,60)/t34-,35-,36-,37-,38-/m1/s1. The summed E-state index contributed by atoms with van der Waals surface area (Å²) in [5.41, 5.74) is 19.0. The number of rotatable bonds is 22.